The first-order valence-electron chi connectivity index (χ1n) is 9.15. The number of piperidine rings is 1. The molecule has 0 aliphatic carbocycles. The van der Waals surface area contributed by atoms with Gasteiger partial charge in [-0.3, -0.25) is 30.6 Å². The lowest BCUT2D eigenvalue weighted by Gasteiger charge is -2.31. The Kier molecular flexibility index (Phi) is 5.88. The summed E-state index contributed by atoms with van der Waals surface area (Å²) in [4.78, 5) is 37.4. The molecule has 0 saturated carbocycles. The Morgan fingerprint density at radius 3 is 2.21 bits per heavy atom. The molecule has 1 aliphatic heterocycles. The molecule has 2 amide bonds. The van der Waals surface area contributed by atoms with Crippen LogP contribution in [0.2, 0.25) is 0 Å². The summed E-state index contributed by atoms with van der Waals surface area (Å²) in [5.41, 5.74) is 5.50. The number of nitro benzene ring substituents is 1. The smallest absolute Gasteiger partial charge is 0.293 e. The molecule has 1 aliphatic rings. The highest BCUT2D eigenvalue weighted by Crippen LogP contribution is 2.32. The topological polar surface area (TPSA) is 105 Å². The van der Waals surface area contributed by atoms with E-state index >= 15 is 0 Å². The summed E-state index contributed by atoms with van der Waals surface area (Å²) in [7, 11) is 0. The molecule has 2 aromatic carbocycles. The zero-order valence-electron chi connectivity index (χ0n) is 15.6. The lowest BCUT2D eigenvalue weighted by molar-refractivity contribution is -0.384. The second kappa shape index (κ2) is 8.51. The van der Waals surface area contributed by atoms with Crippen molar-refractivity contribution in [1.29, 1.82) is 0 Å². The van der Waals surface area contributed by atoms with Gasteiger partial charge >= 0.3 is 0 Å². The number of nitrogens with zero attached hydrogens (tertiary/aromatic N) is 2. The van der Waals surface area contributed by atoms with Gasteiger partial charge in [-0.05, 0) is 43.0 Å². The summed E-state index contributed by atoms with van der Waals surface area (Å²) < 4.78 is 0. The summed E-state index contributed by atoms with van der Waals surface area (Å²) in [6.45, 7) is 3.67. The van der Waals surface area contributed by atoms with Crippen molar-refractivity contribution in [1.82, 2.24) is 10.9 Å². The van der Waals surface area contributed by atoms with E-state index in [0.29, 0.717) is 17.2 Å². The predicted molar refractivity (Wildman–Crippen MR) is 105 cm³/mol. The number of anilines is 1. The van der Waals surface area contributed by atoms with Gasteiger partial charge in [0, 0.05) is 30.3 Å². The van der Waals surface area contributed by atoms with Gasteiger partial charge < -0.3 is 4.90 Å². The quantitative estimate of drug-likeness (QED) is 0.625. The van der Waals surface area contributed by atoms with Crippen LogP contribution in [0.1, 0.15) is 40.5 Å². The second-order valence-electron chi connectivity index (χ2n) is 6.90. The maximum absolute atomic E-state index is 12.3. The van der Waals surface area contributed by atoms with Crippen LogP contribution in [0, 0.1) is 16.0 Å². The molecule has 0 bridgehead atoms. The standard InChI is InChI=1S/C20H22N4O4/c1-14-9-11-23(12-10-14)17-8-7-16(13-18(17)24(27)28)20(26)22-21-19(25)15-5-3-2-4-6-15/h2-8,13-14H,9-12H2,1H3,(H,21,25)(H,22,26). The van der Waals surface area contributed by atoms with Gasteiger partial charge in [-0.1, -0.05) is 25.1 Å². The van der Waals surface area contributed by atoms with Gasteiger partial charge in [0.05, 0.1) is 4.92 Å². The van der Waals surface area contributed by atoms with E-state index < -0.39 is 16.7 Å². The number of hydrogen-bond donors (Lipinski definition) is 2. The molecule has 2 N–H and O–H groups in total. The van der Waals surface area contributed by atoms with Gasteiger partial charge in [-0.15, -0.1) is 0 Å². The second-order valence-corrected chi connectivity index (χ2v) is 6.90. The summed E-state index contributed by atoms with van der Waals surface area (Å²) >= 11 is 0. The number of hydrogen-bond acceptors (Lipinski definition) is 5. The van der Waals surface area contributed by atoms with Crippen LogP contribution in [0.25, 0.3) is 0 Å². The molecule has 2 aromatic rings. The monoisotopic (exact) mass is 382 g/mol. The number of rotatable bonds is 4. The number of nitrogens with one attached hydrogen (secondary N) is 2. The highest BCUT2D eigenvalue weighted by molar-refractivity contribution is 5.99. The SMILES string of the molecule is CC1CCN(c2ccc(C(=O)NNC(=O)c3ccccc3)cc2[N+](=O)[O-])CC1. The summed E-state index contributed by atoms with van der Waals surface area (Å²) in [5.74, 6) is -0.484. The first-order valence-corrected chi connectivity index (χ1v) is 9.15. The van der Waals surface area contributed by atoms with E-state index in [1.54, 1.807) is 36.4 Å². The lowest BCUT2D eigenvalue weighted by Crippen LogP contribution is -2.41. The molecule has 0 atom stereocenters. The minimum absolute atomic E-state index is 0.106. The Bertz CT molecular complexity index is 877. The van der Waals surface area contributed by atoms with Gasteiger partial charge in [0.2, 0.25) is 0 Å². The minimum atomic E-state index is -0.619. The Morgan fingerprint density at radius 2 is 1.61 bits per heavy atom. The normalized spacial score (nSPS) is 14.4. The average molecular weight is 382 g/mol. The van der Waals surface area contributed by atoms with E-state index in [0.717, 1.165) is 25.9 Å². The predicted octanol–water partition coefficient (Wildman–Crippen LogP) is 2.91. The number of amides is 2. The van der Waals surface area contributed by atoms with Crippen molar-refractivity contribution in [3.63, 3.8) is 0 Å². The Hall–Kier alpha value is -3.42. The van der Waals surface area contributed by atoms with Gasteiger partial charge in [-0.2, -0.15) is 0 Å². The third kappa shape index (κ3) is 4.46. The molecule has 3 rings (SSSR count). The van der Waals surface area contributed by atoms with Crippen molar-refractivity contribution in [3.8, 4) is 0 Å². The van der Waals surface area contributed by atoms with Crippen LogP contribution in [-0.4, -0.2) is 29.8 Å². The Balaban J connectivity index is 1.71. The fraction of sp³-hybridized carbons (Fsp3) is 0.300. The number of nitro groups is 1. The molecular formula is C20H22N4O4. The van der Waals surface area contributed by atoms with E-state index in [4.69, 9.17) is 0 Å². The summed E-state index contributed by atoms with van der Waals surface area (Å²) in [6, 6.07) is 12.8. The van der Waals surface area contributed by atoms with Crippen molar-refractivity contribution in [2.75, 3.05) is 18.0 Å². The van der Waals surface area contributed by atoms with E-state index in [1.807, 2.05) is 4.90 Å². The fourth-order valence-electron chi connectivity index (χ4n) is 3.18. The van der Waals surface area contributed by atoms with Crippen LogP contribution >= 0.6 is 0 Å². The average Bonchev–Trinajstić information content (AvgIpc) is 2.72. The molecule has 28 heavy (non-hydrogen) atoms. The van der Waals surface area contributed by atoms with E-state index in [-0.39, 0.29) is 11.3 Å². The molecule has 0 spiro atoms. The van der Waals surface area contributed by atoms with Crippen molar-refractivity contribution < 1.29 is 14.5 Å². The molecule has 0 unspecified atom stereocenters. The van der Waals surface area contributed by atoms with E-state index in [1.165, 1.54) is 12.1 Å². The van der Waals surface area contributed by atoms with Crippen molar-refractivity contribution in [2.24, 2.45) is 5.92 Å². The molecular weight excluding hydrogens is 360 g/mol. The molecule has 1 saturated heterocycles. The van der Waals surface area contributed by atoms with Crippen LogP contribution in [0.5, 0.6) is 0 Å². The van der Waals surface area contributed by atoms with Gasteiger partial charge in [0.25, 0.3) is 17.5 Å². The number of benzene rings is 2. The molecule has 0 aromatic heterocycles. The number of carbonyl (C=O) groups excluding carboxylic acids is 2. The summed E-state index contributed by atoms with van der Waals surface area (Å²) in [5, 5.41) is 11.5. The Labute approximate surface area is 162 Å². The van der Waals surface area contributed by atoms with Crippen molar-refractivity contribution >= 4 is 23.2 Å². The molecule has 1 fully saturated rings. The van der Waals surface area contributed by atoms with Crippen LogP contribution < -0.4 is 15.8 Å². The van der Waals surface area contributed by atoms with Crippen LogP contribution in [-0.2, 0) is 0 Å². The zero-order valence-corrected chi connectivity index (χ0v) is 15.6. The Morgan fingerprint density at radius 1 is 1.00 bits per heavy atom. The van der Waals surface area contributed by atoms with E-state index in [9.17, 15) is 19.7 Å². The third-order valence-corrected chi connectivity index (χ3v) is 4.88. The number of hydrazine groups is 1. The molecule has 0 radical (unpaired) electrons. The van der Waals surface area contributed by atoms with Crippen LogP contribution in [0.3, 0.4) is 0 Å². The largest absolute Gasteiger partial charge is 0.366 e. The number of carbonyl (C=O) groups is 2. The lowest BCUT2D eigenvalue weighted by atomic mass is 9.98. The third-order valence-electron chi connectivity index (χ3n) is 4.88. The highest BCUT2D eigenvalue weighted by Gasteiger charge is 2.24. The van der Waals surface area contributed by atoms with Gasteiger partial charge in [-0.25, -0.2) is 0 Å². The zero-order chi connectivity index (χ0) is 20.1. The summed E-state index contributed by atoms with van der Waals surface area (Å²) in [6.07, 6.45) is 1.95. The molecule has 8 heteroatoms. The van der Waals surface area contributed by atoms with Crippen LogP contribution in [0.4, 0.5) is 11.4 Å². The minimum Gasteiger partial charge on any atom is -0.366 e. The maximum atomic E-state index is 12.3. The first-order chi connectivity index (χ1) is 13.5. The van der Waals surface area contributed by atoms with Crippen molar-refractivity contribution in [3.05, 3.63) is 69.8 Å². The molecule has 146 valence electrons. The fourth-order valence-corrected chi connectivity index (χ4v) is 3.18. The van der Waals surface area contributed by atoms with E-state index in [2.05, 4.69) is 17.8 Å². The molecule has 1 heterocycles. The van der Waals surface area contributed by atoms with Gasteiger partial charge in [0.15, 0.2) is 0 Å². The highest BCUT2D eigenvalue weighted by atomic mass is 16.6. The molecule has 8 nitrogen and oxygen atoms in total. The van der Waals surface area contributed by atoms with Crippen LogP contribution in [0.15, 0.2) is 48.5 Å². The maximum Gasteiger partial charge on any atom is 0.293 e. The van der Waals surface area contributed by atoms with Crippen molar-refractivity contribution in [2.45, 2.75) is 19.8 Å². The first kappa shape index (κ1) is 19.3. The van der Waals surface area contributed by atoms with Gasteiger partial charge in [0.1, 0.15) is 5.69 Å².